The summed E-state index contributed by atoms with van der Waals surface area (Å²) < 4.78 is 5.62. The highest BCUT2D eigenvalue weighted by Gasteiger charge is 2.42. The first-order valence-electron chi connectivity index (χ1n) is 8.18. The topological polar surface area (TPSA) is 57.4 Å². The molecule has 116 valence electrons. The second-order valence-electron chi connectivity index (χ2n) is 6.99. The molecule has 4 rings (SSSR count). The van der Waals surface area contributed by atoms with Gasteiger partial charge in [0.25, 0.3) is 0 Å². The number of hydrogen-bond donors (Lipinski definition) is 1. The van der Waals surface area contributed by atoms with Crippen LogP contribution in [0.5, 0.6) is 0 Å². The lowest BCUT2D eigenvalue weighted by Crippen LogP contribution is -2.45. The number of nitrogens with one attached hydrogen (secondary N) is 1. The zero-order chi connectivity index (χ0) is 14.4. The molecular formula is C15H25N5O. The summed E-state index contributed by atoms with van der Waals surface area (Å²) >= 11 is 0. The van der Waals surface area contributed by atoms with Crippen molar-refractivity contribution < 1.29 is 4.52 Å². The molecule has 2 aliphatic heterocycles. The Hall–Kier alpha value is -0.980. The van der Waals surface area contributed by atoms with Gasteiger partial charge in [-0.25, -0.2) is 0 Å². The van der Waals surface area contributed by atoms with Crippen molar-refractivity contribution in [2.45, 2.75) is 31.3 Å². The predicted octanol–water partition coefficient (Wildman–Crippen LogP) is 1.05. The molecule has 0 bridgehead atoms. The van der Waals surface area contributed by atoms with Crippen LogP contribution < -0.4 is 5.32 Å². The molecule has 6 heteroatoms. The van der Waals surface area contributed by atoms with Crippen molar-refractivity contribution in [2.24, 2.45) is 11.8 Å². The van der Waals surface area contributed by atoms with Gasteiger partial charge < -0.3 is 14.7 Å². The average molecular weight is 291 g/mol. The van der Waals surface area contributed by atoms with Gasteiger partial charge >= 0.3 is 0 Å². The third kappa shape index (κ3) is 2.39. The largest absolute Gasteiger partial charge is 0.338 e. The van der Waals surface area contributed by atoms with Crippen molar-refractivity contribution >= 4 is 0 Å². The molecule has 1 aromatic rings. The monoisotopic (exact) mass is 291 g/mol. The van der Waals surface area contributed by atoms with Gasteiger partial charge in [0, 0.05) is 19.6 Å². The summed E-state index contributed by atoms with van der Waals surface area (Å²) in [7, 11) is 4.30. The second-order valence-corrected chi connectivity index (χ2v) is 6.99. The number of nitrogens with zero attached hydrogens (tertiary/aromatic N) is 4. The molecule has 0 radical (unpaired) electrons. The van der Waals surface area contributed by atoms with E-state index in [-0.39, 0.29) is 12.1 Å². The normalized spacial score (nSPS) is 38.0. The van der Waals surface area contributed by atoms with Crippen molar-refractivity contribution in [3.8, 4) is 0 Å². The fourth-order valence-electron chi connectivity index (χ4n) is 4.26. The molecule has 2 saturated heterocycles. The van der Waals surface area contributed by atoms with Crippen LogP contribution >= 0.6 is 0 Å². The van der Waals surface area contributed by atoms with Gasteiger partial charge in [0.15, 0.2) is 5.82 Å². The SMILES string of the molecule is CN1CCN(C)C(c2noc(C3NCC4CCCC43)n2)C1. The molecule has 0 spiro atoms. The van der Waals surface area contributed by atoms with Crippen molar-refractivity contribution in [1.82, 2.24) is 25.3 Å². The standard InChI is InChI=1S/C15H25N5O/c1-19-6-7-20(2)12(9-19)14-17-15(21-18-14)13-11-5-3-4-10(11)8-16-13/h10-13,16H,3-9H2,1-2H3. The molecule has 6 nitrogen and oxygen atoms in total. The summed E-state index contributed by atoms with van der Waals surface area (Å²) in [5.41, 5.74) is 0. The molecular weight excluding hydrogens is 266 g/mol. The molecule has 1 aliphatic carbocycles. The quantitative estimate of drug-likeness (QED) is 0.879. The van der Waals surface area contributed by atoms with Crippen LogP contribution in [-0.2, 0) is 0 Å². The van der Waals surface area contributed by atoms with E-state index in [1.807, 2.05) is 0 Å². The smallest absolute Gasteiger partial charge is 0.244 e. The molecule has 3 fully saturated rings. The van der Waals surface area contributed by atoms with Crippen LogP contribution in [0.4, 0.5) is 0 Å². The maximum Gasteiger partial charge on any atom is 0.244 e. The Bertz CT molecular complexity index is 488. The fourth-order valence-corrected chi connectivity index (χ4v) is 4.26. The summed E-state index contributed by atoms with van der Waals surface area (Å²) in [5.74, 6) is 3.17. The third-order valence-corrected chi connectivity index (χ3v) is 5.62. The van der Waals surface area contributed by atoms with Crippen LogP contribution in [0.3, 0.4) is 0 Å². The molecule has 3 aliphatic rings. The average Bonchev–Trinajstić information content (AvgIpc) is 3.15. The van der Waals surface area contributed by atoms with E-state index in [0.29, 0.717) is 5.92 Å². The summed E-state index contributed by atoms with van der Waals surface area (Å²) in [4.78, 5) is 9.42. The lowest BCUT2D eigenvalue weighted by atomic mass is 9.94. The third-order valence-electron chi connectivity index (χ3n) is 5.62. The molecule has 1 aromatic heterocycles. The number of fused-ring (bicyclic) bond motifs is 1. The van der Waals surface area contributed by atoms with E-state index in [4.69, 9.17) is 9.51 Å². The summed E-state index contributed by atoms with van der Waals surface area (Å²) in [6.45, 7) is 4.24. The summed E-state index contributed by atoms with van der Waals surface area (Å²) in [6.07, 6.45) is 4.00. The van der Waals surface area contributed by atoms with Crippen LogP contribution in [0.1, 0.15) is 43.1 Å². The highest BCUT2D eigenvalue weighted by molar-refractivity contribution is 5.06. The lowest BCUT2D eigenvalue weighted by Gasteiger charge is -2.35. The molecule has 4 unspecified atom stereocenters. The Labute approximate surface area is 125 Å². The minimum atomic E-state index is 0.252. The Morgan fingerprint density at radius 1 is 1.24 bits per heavy atom. The van der Waals surface area contributed by atoms with E-state index in [2.05, 4.69) is 34.4 Å². The molecule has 1 saturated carbocycles. The van der Waals surface area contributed by atoms with E-state index in [1.54, 1.807) is 0 Å². The van der Waals surface area contributed by atoms with E-state index >= 15 is 0 Å². The van der Waals surface area contributed by atoms with Crippen LogP contribution in [0.15, 0.2) is 4.52 Å². The number of aromatic nitrogens is 2. The predicted molar refractivity (Wildman–Crippen MR) is 78.7 cm³/mol. The number of hydrogen-bond acceptors (Lipinski definition) is 6. The minimum absolute atomic E-state index is 0.252. The zero-order valence-corrected chi connectivity index (χ0v) is 13.0. The van der Waals surface area contributed by atoms with Gasteiger partial charge in [-0.05, 0) is 45.3 Å². The van der Waals surface area contributed by atoms with E-state index in [1.165, 1.54) is 19.3 Å². The Kier molecular flexibility index (Phi) is 3.47. The zero-order valence-electron chi connectivity index (χ0n) is 13.0. The lowest BCUT2D eigenvalue weighted by molar-refractivity contribution is 0.108. The van der Waals surface area contributed by atoms with Gasteiger partial charge in [-0.1, -0.05) is 11.6 Å². The molecule has 4 atom stereocenters. The van der Waals surface area contributed by atoms with Gasteiger partial charge in [0.2, 0.25) is 5.89 Å². The first kappa shape index (κ1) is 13.7. The minimum Gasteiger partial charge on any atom is -0.338 e. The summed E-state index contributed by atoms with van der Waals surface area (Å²) in [5, 5.41) is 7.88. The van der Waals surface area contributed by atoms with Gasteiger partial charge in [-0.3, -0.25) is 4.90 Å². The number of piperazine rings is 1. The fraction of sp³-hybridized carbons (Fsp3) is 0.867. The Morgan fingerprint density at radius 2 is 2.14 bits per heavy atom. The first-order chi connectivity index (χ1) is 10.2. The number of likely N-dealkylation sites (N-methyl/N-ethyl adjacent to an activating group) is 2. The van der Waals surface area contributed by atoms with Crippen LogP contribution in [0, 0.1) is 11.8 Å². The van der Waals surface area contributed by atoms with Crippen LogP contribution in [-0.4, -0.2) is 60.2 Å². The molecule has 1 N–H and O–H groups in total. The van der Waals surface area contributed by atoms with Gasteiger partial charge in [0.05, 0.1) is 12.1 Å². The highest BCUT2D eigenvalue weighted by atomic mass is 16.5. The molecule has 0 amide bonds. The van der Waals surface area contributed by atoms with E-state index in [0.717, 1.165) is 43.8 Å². The first-order valence-corrected chi connectivity index (χ1v) is 8.18. The van der Waals surface area contributed by atoms with E-state index < -0.39 is 0 Å². The van der Waals surface area contributed by atoms with Crippen molar-refractivity contribution in [3.05, 3.63) is 11.7 Å². The van der Waals surface area contributed by atoms with E-state index in [9.17, 15) is 0 Å². The van der Waals surface area contributed by atoms with Crippen LogP contribution in [0.2, 0.25) is 0 Å². The van der Waals surface area contributed by atoms with Gasteiger partial charge in [-0.15, -0.1) is 0 Å². The Balaban J connectivity index is 1.53. The number of rotatable bonds is 2. The molecule has 3 heterocycles. The van der Waals surface area contributed by atoms with Gasteiger partial charge in [-0.2, -0.15) is 4.98 Å². The Morgan fingerprint density at radius 3 is 3.05 bits per heavy atom. The molecule has 21 heavy (non-hydrogen) atoms. The van der Waals surface area contributed by atoms with Crippen molar-refractivity contribution in [1.29, 1.82) is 0 Å². The maximum absolute atomic E-state index is 5.62. The highest BCUT2D eigenvalue weighted by Crippen LogP contribution is 2.44. The van der Waals surface area contributed by atoms with Crippen LogP contribution in [0.25, 0.3) is 0 Å². The second kappa shape index (κ2) is 5.34. The summed E-state index contributed by atoms with van der Waals surface area (Å²) in [6, 6.07) is 0.535. The van der Waals surface area contributed by atoms with Gasteiger partial charge in [0.1, 0.15) is 0 Å². The van der Waals surface area contributed by atoms with Crippen molar-refractivity contribution in [3.63, 3.8) is 0 Å². The van der Waals surface area contributed by atoms with Crippen molar-refractivity contribution in [2.75, 3.05) is 40.3 Å². The molecule has 0 aromatic carbocycles. The maximum atomic E-state index is 5.62.